The molecule has 0 nitrogen and oxygen atoms in total. The third-order valence-electron chi connectivity index (χ3n) is 2.39. The summed E-state index contributed by atoms with van der Waals surface area (Å²) in [5.74, 6) is 0. The zero-order chi connectivity index (χ0) is 11.5. The molecule has 0 unspecified atom stereocenters. The van der Waals surface area contributed by atoms with E-state index in [2.05, 4.69) is 6.58 Å². The van der Waals surface area contributed by atoms with Crippen molar-refractivity contribution in [3.8, 4) is 11.1 Å². The van der Waals surface area contributed by atoms with Gasteiger partial charge in [-0.15, -0.1) is 0 Å². The van der Waals surface area contributed by atoms with Crippen molar-refractivity contribution in [2.75, 3.05) is 0 Å². The first-order valence-electron chi connectivity index (χ1n) is 4.88. The first-order valence-corrected chi connectivity index (χ1v) is 5.64. The van der Waals surface area contributed by atoms with Crippen molar-refractivity contribution in [1.82, 2.24) is 0 Å². The Morgan fingerprint density at radius 2 is 1.50 bits per heavy atom. The monoisotopic (exact) mass is 248 g/mol. The highest BCUT2D eigenvalue weighted by Gasteiger charge is 2.01. The van der Waals surface area contributed by atoms with E-state index in [1.165, 1.54) is 0 Å². The molecule has 0 bridgehead atoms. The number of halogens is 2. The third kappa shape index (κ3) is 2.29. The van der Waals surface area contributed by atoms with E-state index in [4.69, 9.17) is 23.2 Å². The van der Waals surface area contributed by atoms with E-state index in [9.17, 15) is 0 Å². The molecule has 2 rings (SSSR count). The topological polar surface area (TPSA) is 0 Å². The Morgan fingerprint density at radius 1 is 0.875 bits per heavy atom. The molecule has 16 heavy (non-hydrogen) atoms. The minimum atomic E-state index is 0.715. The van der Waals surface area contributed by atoms with Crippen LogP contribution >= 0.6 is 23.2 Å². The summed E-state index contributed by atoms with van der Waals surface area (Å²) in [6.07, 6.45) is 1.75. The van der Waals surface area contributed by atoms with Gasteiger partial charge < -0.3 is 0 Å². The summed E-state index contributed by atoms with van der Waals surface area (Å²) < 4.78 is 0. The average Bonchev–Trinajstić information content (AvgIpc) is 2.31. The minimum absolute atomic E-state index is 0.715. The van der Waals surface area contributed by atoms with Gasteiger partial charge in [-0.1, -0.05) is 54.1 Å². The van der Waals surface area contributed by atoms with Crippen LogP contribution in [0, 0.1) is 0 Å². The number of benzene rings is 2. The van der Waals surface area contributed by atoms with Gasteiger partial charge in [0.05, 0.1) is 0 Å². The van der Waals surface area contributed by atoms with Crippen molar-refractivity contribution in [2.45, 2.75) is 0 Å². The van der Waals surface area contributed by atoms with Gasteiger partial charge in [0, 0.05) is 10.0 Å². The maximum atomic E-state index is 6.02. The predicted molar refractivity (Wildman–Crippen MR) is 72.0 cm³/mol. The van der Waals surface area contributed by atoms with Crippen molar-refractivity contribution in [2.24, 2.45) is 0 Å². The van der Waals surface area contributed by atoms with Crippen LogP contribution in [0.15, 0.2) is 49.0 Å². The molecule has 0 aliphatic rings. The molecule has 0 saturated heterocycles. The Kier molecular flexibility index (Phi) is 3.33. The average molecular weight is 249 g/mol. The van der Waals surface area contributed by atoms with Gasteiger partial charge in [0.2, 0.25) is 0 Å². The van der Waals surface area contributed by atoms with Crippen molar-refractivity contribution in [3.63, 3.8) is 0 Å². The van der Waals surface area contributed by atoms with Crippen molar-refractivity contribution >= 4 is 29.3 Å². The van der Waals surface area contributed by atoms with Crippen LogP contribution in [-0.2, 0) is 0 Å². The van der Waals surface area contributed by atoms with Gasteiger partial charge in [0.15, 0.2) is 0 Å². The van der Waals surface area contributed by atoms with Crippen LogP contribution in [0.25, 0.3) is 17.2 Å². The largest absolute Gasteiger partial charge is 0.0984 e. The Hall–Kier alpha value is -1.24. The van der Waals surface area contributed by atoms with E-state index in [-0.39, 0.29) is 0 Å². The molecule has 0 atom stereocenters. The lowest BCUT2D eigenvalue weighted by molar-refractivity contribution is 1.60. The summed E-state index contributed by atoms with van der Waals surface area (Å²) >= 11 is 11.9. The Morgan fingerprint density at radius 3 is 2.12 bits per heavy atom. The van der Waals surface area contributed by atoms with E-state index >= 15 is 0 Å². The zero-order valence-electron chi connectivity index (χ0n) is 8.58. The van der Waals surface area contributed by atoms with Crippen molar-refractivity contribution in [3.05, 3.63) is 64.7 Å². The van der Waals surface area contributed by atoms with Crippen LogP contribution in [0.5, 0.6) is 0 Å². The molecule has 0 spiro atoms. The molecule has 2 heteroatoms. The molecular weight excluding hydrogens is 239 g/mol. The summed E-state index contributed by atoms with van der Waals surface area (Å²) in [5, 5.41) is 1.45. The van der Waals surface area contributed by atoms with E-state index in [0.717, 1.165) is 21.7 Å². The summed E-state index contributed by atoms with van der Waals surface area (Å²) in [4.78, 5) is 0. The fourth-order valence-electron chi connectivity index (χ4n) is 1.52. The fraction of sp³-hybridized carbons (Fsp3) is 0. The highest BCUT2D eigenvalue weighted by molar-refractivity contribution is 6.32. The summed E-state index contributed by atoms with van der Waals surface area (Å²) in [7, 11) is 0. The van der Waals surface area contributed by atoms with E-state index in [0.29, 0.717) is 5.02 Å². The van der Waals surface area contributed by atoms with Crippen molar-refractivity contribution in [1.29, 1.82) is 0 Å². The molecule has 0 N–H and O–H groups in total. The molecule has 0 saturated carbocycles. The second kappa shape index (κ2) is 4.73. The van der Waals surface area contributed by atoms with Gasteiger partial charge in [-0.3, -0.25) is 0 Å². The van der Waals surface area contributed by atoms with Gasteiger partial charge >= 0.3 is 0 Å². The third-order valence-corrected chi connectivity index (χ3v) is 2.99. The molecule has 0 heterocycles. The Labute approximate surface area is 105 Å². The summed E-state index contributed by atoms with van der Waals surface area (Å²) in [6.45, 7) is 3.74. The van der Waals surface area contributed by atoms with E-state index < -0.39 is 0 Å². The molecule has 0 aliphatic heterocycles. The van der Waals surface area contributed by atoms with Crippen molar-refractivity contribution < 1.29 is 0 Å². The van der Waals surface area contributed by atoms with Crippen LogP contribution in [0.3, 0.4) is 0 Å². The second-order valence-electron chi connectivity index (χ2n) is 3.45. The molecular formula is C14H10Cl2. The fourth-order valence-corrected chi connectivity index (χ4v) is 1.84. The molecule has 0 amide bonds. The molecule has 0 fully saturated rings. The van der Waals surface area contributed by atoms with Gasteiger partial charge in [-0.2, -0.15) is 0 Å². The van der Waals surface area contributed by atoms with Crippen LogP contribution < -0.4 is 0 Å². The standard InChI is InChI=1S/C14H10Cl2/c1-2-10-9-12(5-8-14(10)16)11-3-6-13(15)7-4-11/h2-9H,1H2. The highest BCUT2D eigenvalue weighted by Crippen LogP contribution is 2.26. The number of hydrogen-bond donors (Lipinski definition) is 0. The second-order valence-corrected chi connectivity index (χ2v) is 4.29. The molecule has 0 aromatic heterocycles. The molecule has 0 aliphatic carbocycles. The number of hydrogen-bond acceptors (Lipinski definition) is 0. The Bertz CT molecular complexity index is 513. The van der Waals surface area contributed by atoms with E-state index in [1.54, 1.807) is 6.08 Å². The van der Waals surface area contributed by atoms with Crippen LogP contribution in [0.1, 0.15) is 5.56 Å². The lowest BCUT2D eigenvalue weighted by Crippen LogP contribution is -1.80. The summed E-state index contributed by atoms with van der Waals surface area (Å²) in [6, 6.07) is 13.6. The predicted octanol–water partition coefficient (Wildman–Crippen LogP) is 5.30. The molecule has 0 radical (unpaired) electrons. The van der Waals surface area contributed by atoms with Crippen LogP contribution in [-0.4, -0.2) is 0 Å². The highest BCUT2D eigenvalue weighted by atomic mass is 35.5. The zero-order valence-corrected chi connectivity index (χ0v) is 10.1. The minimum Gasteiger partial charge on any atom is -0.0984 e. The first-order chi connectivity index (χ1) is 7.70. The first kappa shape index (κ1) is 11.3. The Balaban J connectivity index is 2.48. The van der Waals surface area contributed by atoms with Crippen LogP contribution in [0.2, 0.25) is 10.0 Å². The van der Waals surface area contributed by atoms with E-state index in [1.807, 2.05) is 42.5 Å². The maximum absolute atomic E-state index is 6.02. The van der Waals surface area contributed by atoms with Crippen LogP contribution in [0.4, 0.5) is 0 Å². The maximum Gasteiger partial charge on any atom is 0.0478 e. The van der Waals surface area contributed by atoms with Gasteiger partial charge in [-0.05, 0) is 41.0 Å². The number of rotatable bonds is 2. The lowest BCUT2D eigenvalue weighted by atomic mass is 10.0. The van der Waals surface area contributed by atoms with Gasteiger partial charge in [0.1, 0.15) is 0 Å². The normalized spacial score (nSPS) is 10.1. The molecule has 80 valence electrons. The van der Waals surface area contributed by atoms with Gasteiger partial charge in [-0.25, -0.2) is 0 Å². The summed E-state index contributed by atoms with van der Waals surface area (Å²) in [5.41, 5.74) is 3.16. The lowest BCUT2D eigenvalue weighted by Gasteiger charge is -2.04. The van der Waals surface area contributed by atoms with Gasteiger partial charge in [0.25, 0.3) is 0 Å². The SMILES string of the molecule is C=Cc1cc(-c2ccc(Cl)cc2)ccc1Cl. The molecule has 2 aromatic carbocycles. The molecule has 2 aromatic rings. The smallest absolute Gasteiger partial charge is 0.0478 e. The quantitative estimate of drug-likeness (QED) is 0.677.